The molecule has 0 bridgehead atoms. The topological polar surface area (TPSA) is 0 Å². The maximum atomic E-state index is 3.64. The highest BCUT2D eigenvalue weighted by atomic mass is 79.9. The van der Waals surface area contributed by atoms with Crippen molar-refractivity contribution in [2.75, 3.05) is 0 Å². The summed E-state index contributed by atoms with van der Waals surface area (Å²) in [5, 5.41) is 0. The lowest BCUT2D eigenvalue weighted by molar-refractivity contribution is 1.03. The number of hydrogen-bond donors (Lipinski definition) is 0. The lowest BCUT2D eigenvalue weighted by Crippen LogP contribution is -1.96. The molecule has 0 unspecified atom stereocenters. The van der Waals surface area contributed by atoms with Gasteiger partial charge in [-0.15, -0.1) is 0 Å². The van der Waals surface area contributed by atoms with Crippen molar-refractivity contribution >= 4 is 15.9 Å². The maximum Gasteiger partial charge on any atom is 0.0213 e. The molecule has 2 rings (SSSR count). The lowest BCUT2D eigenvalue weighted by atomic mass is 9.95. The molecule has 0 saturated heterocycles. The summed E-state index contributed by atoms with van der Waals surface area (Å²) in [7, 11) is 0. The minimum Gasteiger partial charge on any atom is -0.0608 e. The van der Waals surface area contributed by atoms with Crippen molar-refractivity contribution in [2.24, 2.45) is 0 Å². The first-order valence-electron chi connectivity index (χ1n) is 4.79. The first kappa shape index (κ1) is 9.26. The van der Waals surface area contributed by atoms with Crippen LogP contribution in [0.1, 0.15) is 43.7 Å². The Morgan fingerprint density at radius 2 is 2.00 bits per heavy atom. The molecule has 0 nitrogen and oxygen atoms in total. The standard InChI is InChI=1S/C12H14Br/c1-8(2)10-4-3-5-11(13)12(10)9-6-7-9/h3-5,9H,6-7H2,1-2H3. The van der Waals surface area contributed by atoms with Crippen LogP contribution in [0.5, 0.6) is 0 Å². The van der Waals surface area contributed by atoms with Crippen LogP contribution in [0.4, 0.5) is 0 Å². The molecule has 69 valence electrons. The molecule has 1 aromatic carbocycles. The van der Waals surface area contributed by atoms with E-state index in [1.807, 2.05) is 0 Å². The summed E-state index contributed by atoms with van der Waals surface area (Å²) in [6.45, 7) is 4.38. The summed E-state index contributed by atoms with van der Waals surface area (Å²) in [6.07, 6.45) is 2.73. The van der Waals surface area contributed by atoms with Crippen LogP contribution in [0, 0.1) is 5.92 Å². The normalized spacial score (nSPS) is 16.6. The predicted octanol–water partition coefficient (Wildman–Crippen LogP) is 4.29. The Morgan fingerprint density at radius 1 is 1.31 bits per heavy atom. The smallest absolute Gasteiger partial charge is 0.0213 e. The van der Waals surface area contributed by atoms with Crippen LogP contribution in [-0.4, -0.2) is 0 Å². The van der Waals surface area contributed by atoms with E-state index in [0.717, 1.165) is 5.92 Å². The van der Waals surface area contributed by atoms with E-state index >= 15 is 0 Å². The number of hydrogen-bond acceptors (Lipinski definition) is 0. The zero-order valence-corrected chi connectivity index (χ0v) is 9.69. The van der Waals surface area contributed by atoms with Crippen molar-refractivity contribution in [3.8, 4) is 0 Å². The minimum absolute atomic E-state index is 0.820. The van der Waals surface area contributed by atoms with Crippen LogP contribution in [0.15, 0.2) is 22.7 Å². The van der Waals surface area contributed by atoms with Crippen LogP contribution in [0.25, 0.3) is 0 Å². The predicted molar refractivity (Wildman–Crippen MR) is 59.8 cm³/mol. The summed E-state index contributed by atoms with van der Waals surface area (Å²) < 4.78 is 1.29. The number of benzene rings is 1. The van der Waals surface area contributed by atoms with Gasteiger partial charge in [-0.2, -0.15) is 0 Å². The highest BCUT2D eigenvalue weighted by Gasteiger charge is 2.28. The van der Waals surface area contributed by atoms with Gasteiger partial charge in [0.15, 0.2) is 0 Å². The molecule has 1 fully saturated rings. The van der Waals surface area contributed by atoms with Crippen LogP contribution in [0.3, 0.4) is 0 Å². The summed E-state index contributed by atoms with van der Waals surface area (Å²) >= 11 is 3.64. The zero-order valence-electron chi connectivity index (χ0n) is 8.10. The molecule has 1 aromatic rings. The van der Waals surface area contributed by atoms with Gasteiger partial charge in [-0.05, 0) is 41.9 Å². The third-order valence-electron chi connectivity index (χ3n) is 2.58. The fourth-order valence-electron chi connectivity index (χ4n) is 1.76. The molecule has 1 radical (unpaired) electrons. The summed E-state index contributed by atoms with van der Waals surface area (Å²) in [4.78, 5) is 0. The largest absolute Gasteiger partial charge is 0.0608 e. The quantitative estimate of drug-likeness (QED) is 0.721. The average Bonchev–Trinajstić information content (AvgIpc) is 2.86. The van der Waals surface area contributed by atoms with Gasteiger partial charge in [0.1, 0.15) is 0 Å². The Morgan fingerprint density at radius 3 is 2.54 bits per heavy atom. The summed E-state index contributed by atoms with van der Waals surface area (Å²) in [5.41, 5.74) is 2.97. The minimum atomic E-state index is 0.820. The Kier molecular flexibility index (Phi) is 2.46. The third-order valence-corrected chi connectivity index (χ3v) is 3.27. The Hall–Kier alpha value is -0.300. The fourth-order valence-corrected chi connectivity index (χ4v) is 2.45. The maximum absolute atomic E-state index is 3.64. The first-order valence-corrected chi connectivity index (χ1v) is 5.58. The monoisotopic (exact) mass is 237 g/mol. The molecular weight excluding hydrogens is 224 g/mol. The third kappa shape index (κ3) is 1.80. The van der Waals surface area contributed by atoms with Gasteiger partial charge in [-0.3, -0.25) is 0 Å². The molecule has 0 aliphatic heterocycles. The second kappa shape index (κ2) is 3.45. The van der Waals surface area contributed by atoms with Crippen molar-refractivity contribution in [1.29, 1.82) is 0 Å². The van der Waals surface area contributed by atoms with E-state index in [-0.39, 0.29) is 0 Å². The van der Waals surface area contributed by atoms with E-state index in [9.17, 15) is 0 Å². The van der Waals surface area contributed by atoms with Gasteiger partial charge in [0.25, 0.3) is 0 Å². The van der Waals surface area contributed by atoms with Crippen molar-refractivity contribution in [3.05, 3.63) is 39.7 Å². The van der Waals surface area contributed by atoms with Gasteiger partial charge in [-0.25, -0.2) is 0 Å². The van der Waals surface area contributed by atoms with Gasteiger partial charge in [0.2, 0.25) is 0 Å². The van der Waals surface area contributed by atoms with E-state index in [1.165, 1.54) is 34.4 Å². The summed E-state index contributed by atoms with van der Waals surface area (Å²) in [5.74, 6) is 2.24. The van der Waals surface area contributed by atoms with Gasteiger partial charge < -0.3 is 0 Å². The molecule has 0 spiro atoms. The van der Waals surface area contributed by atoms with Crippen LogP contribution in [-0.2, 0) is 0 Å². The molecule has 13 heavy (non-hydrogen) atoms. The van der Waals surface area contributed by atoms with E-state index in [0.29, 0.717) is 0 Å². The molecule has 1 aliphatic carbocycles. The van der Waals surface area contributed by atoms with E-state index in [4.69, 9.17) is 0 Å². The van der Waals surface area contributed by atoms with Crippen molar-refractivity contribution in [1.82, 2.24) is 0 Å². The van der Waals surface area contributed by atoms with Crippen LogP contribution in [0.2, 0.25) is 0 Å². The molecule has 0 atom stereocenters. The Balaban J connectivity index is 2.47. The van der Waals surface area contributed by atoms with Crippen molar-refractivity contribution < 1.29 is 0 Å². The van der Waals surface area contributed by atoms with Gasteiger partial charge >= 0.3 is 0 Å². The molecule has 0 heterocycles. The van der Waals surface area contributed by atoms with Gasteiger partial charge in [-0.1, -0.05) is 41.9 Å². The Bertz CT molecular complexity index is 311. The van der Waals surface area contributed by atoms with Gasteiger partial charge in [0.05, 0.1) is 0 Å². The molecule has 1 aliphatic rings. The molecule has 0 aromatic heterocycles. The molecular formula is C12H14Br. The van der Waals surface area contributed by atoms with Crippen molar-refractivity contribution in [3.63, 3.8) is 0 Å². The van der Waals surface area contributed by atoms with E-state index < -0.39 is 0 Å². The van der Waals surface area contributed by atoms with Crippen LogP contribution < -0.4 is 0 Å². The van der Waals surface area contributed by atoms with E-state index in [1.54, 1.807) is 0 Å². The molecule has 0 N–H and O–H groups in total. The number of halogens is 1. The second-order valence-corrected chi connectivity index (χ2v) is 4.83. The summed E-state index contributed by atoms with van der Waals surface area (Å²) in [6, 6.07) is 6.51. The van der Waals surface area contributed by atoms with E-state index in [2.05, 4.69) is 48.0 Å². The SMILES string of the molecule is C[C](C)c1cccc(Br)c1C1CC1. The number of rotatable bonds is 2. The molecule has 1 heteroatoms. The highest BCUT2D eigenvalue weighted by molar-refractivity contribution is 9.10. The highest BCUT2D eigenvalue weighted by Crippen LogP contribution is 2.46. The lowest BCUT2D eigenvalue weighted by Gasteiger charge is -2.13. The molecule has 0 amide bonds. The Labute approximate surface area is 88.5 Å². The fraction of sp³-hybridized carbons (Fsp3) is 0.417. The van der Waals surface area contributed by atoms with Crippen LogP contribution >= 0.6 is 15.9 Å². The first-order chi connectivity index (χ1) is 6.20. The van der Waals surface area contributed by atoms with Crippen molar-refractivity contribution in [2.45, 2.75) is 32.6 Å². The average molecular weight is 238 g/mol. The molecule has 1 saturated carbocycles. The van der Waals surface area contributed by atoms with Gasteiger partial charge in [0, 0.05) is 4.47 Å². The second-order valence-electron chi connectivity index (χ2n) is 3.98. The zero-order chi connectivity index (χ0) is 9.42.